The lowest BCUT2D eigenvalue weighted by Gasteiger charge is -2.37. The summed E-state index contributed by atoms with van der Waals surface area (Å²) in [5.41, 5.74) is 1.56. The number of nitrogens with zero attached hydrogens (tertiary/aromatic N) is 4. The minimum Gasteiger partial charge on any atom is -0.392 e. The number of aliphatic hydroxyl groups excluding tert-OH is 1. The van der Waals surface area contributed by atoms with E-state index in [1.165, 1.54) is 12.4 Å². The van der Waals surface area contributed by atoms with Crippen molar-refractivity contribution in [2.45, 2.75) is 88.8 Å². The molecule has 0 saturated carbocycles. The van der Waals surface area contributed by atoms with Crippen LogP contribution in [-0.2, 0) is 22.3 Å². The molecular formula is C33H43F2N5O4S. The number of anilines is 1. The van der Waals surface area contributed by atoms with Crippen molar-refractivity contribution in [3.63, 3.8) is 0 Å². The average Bonchev–Trinajstić information content (AvgIpc) is 3.02. The first kappa shape index (κ1) is 32.0. The molecule has 244 valence electrons. The van der Waals surface area contributed by atoms with E-state index in [1.54, 1.807) is 22.8 Å². The third-order valence-corrected chi connectivity index (χ3v) is 11.7. The molecule has 45 heavy (non-hydrogen) atoms. The van der Waals surface area contributed by atoms with Crippen LogP contribution in [0.15, 0.2) is 41.5 Å². The highest BCUT2D eigenvalue weighted by Crippen LogP contribution is 2.42. The Morgan fingerprint density at radius 1 is 0.978 bits per heavy atom. The number of pyridine rings is 1. The number of aliphatic hydroxyl groups is 1. The third-order valence-electron chi connectivity index (χ3n) is 10.0. The lowest BCUT2D eigenvalue weighted by molar-refractivity contribution is -0.0875. The van der Waals surface area contributed by atoms with Crippen LogP contribution in [0.4, 0.5) is 14.6 Å². The van der Waals surface area contributed by atoms with Gasteiger partial charge in [-0.15, -0.1) is 0 Å². The average molecular weight is 644 g/mol. The van der Waals surface area contributed by atoms with Gasteiger partial charge in [-0.05, 0) is 82.2 Å². The summed E-state index contributed by atoms with van der Waals surface area (Å²) in [7, 11) is -3.11. The zero-order valence-electron chi connectivity index (χ0n) is 25.8. The summed E-state index contributed by atoms with van der Waals surface area (Å²) in [4.78, 5) is 25.0. The molecule has 0 amide bonds. The molecule has 0 unspecified atom stereocenters. The summed E-state index contributed by atoms with van der Waals surface area (Å²) in [5, 5.41) is 14.7. The number of alkyl halides is 2. The van der Waals surface area contributed by atoms with Gasteiger partial charge in [0.15, 0.2) is 0 Å². The van der Waals surface area contributed by atoms with Gasteiger partial charge in [-0.25, -0.2) is 27.2 Å². The Morgan fingerprint density at radius 2 is 1.73 bits per heavy atom. The van der Waals surface area contributed by atoms with Crippen LogP contribution in [0.3, 0.4) is 0 Å². The van der Waals surface area contributed by atoms with Crippen LogP contribution in [0, 0.1) is 5.92 Å². The second-order valence-electron chi connectivity index (χ2n) is 13.1. The molecule has 0 aliphatic carbocycles. The molecule has 2 N–H and O–H groups in total. The molecule has 3 aromatic rings. The van der Waals surface area contributed by atoms with E-state index in [-0.39, 0.29) is 34.6 Å². The van der Waals surface area contributed by atoms with Crippen molar-refractivity contribution in [2.24, 2.45) is 5.92 Å². The minimum absolute atomic E-state index is 0.00560. The maximum atomic E-state index is 15.9. The number of aryl methyl sites for hydroxylation is 1. The van der Waals surface area contributed by atoms with E-state index < -0.39 is 27.8 Å². The first-order chi connectivity index (χ1) is 21.5. The van der Waals surface area contributed by atoms with E-state index in [2.05, 4.69) is 20.2 Å². The fourth-order valence-corrected chi connectivity index (χ4v) is 8.74. The molecule has 4 aliphatic rings. The van der Waals surface area contributed by atoms with Crippen molar-refractivity contribution in [1.29, 1.82) is 0 Å². The van der Waals surface area contributed by atoms with Crippen molar-refractivity contribution in [3.05, 3.63) is 63.7 Å². The van der Waals surface area contributed by atoms with Gasteiger partial charge in [0.2, 0.25) is 0 Å². The monoisotopic (exact) mass is 643 g/mol. The van der Waals surface area contributed by atoms with E-state index in [9.17, 15) is 18.3 Å². The SMILES string of the molecule is C[C@H]1Nc2ncnc3c2cc(C2CCS(=O)(=O)CC2)c(=O)n3CCCCC[C@@H](O)CN2CCC(CC2)C(F)(F)c2cccc1c2. The Kier molecular flexibility index (Phi) is 9.27. The van der Waals surface area contributed by atoms with Crippen molar-refractivity contribution in [1.82, 2.24) is 19.4 Å². The largest absolute Gasteiger partial charge is 0.392 e. The van der Waals surface area contributed by atoms with Crippen LogP contribution in [0.1, 0.15) is 86.9 Å². The molecular weight excluding hydrogens is 600 g/mol. The molecule has 12 heteroatoms. The molecule has 9 nitrogen and oxygen atoms in total. The molecule has 7 rings (SSSR count). The van der Waals surface area contributed by atoms with Gasteiger partial charge >= 0.3 is 0 Å². The second kappa shape index (κ2) is 13.0. The van der Waals surface area contributed by atoms with E-state index in [4.69, 9.17) is 0 Å². The van der Waals surface area contributed by atoms with Gasteiger partial charge in [0.05, 0.1) is 23.0 Å². The lowest BCUT2D eigenvalue weighted by Crippen LogP contribution is -2.42. The number of piperidine rings is 1. The zero-order chi connectivity index (χ0) is 31.8. The number of nitrogens with one attached hydrogen (secondary N) is 1. The van der Waals surface area contributed by atoms with E-state index in [1.807, 2.05) is 13.0 Å². The van der Waals surface area contributed by atoms with Gasteiger partial charge in [-0.2, -0.15) is 0 Å². The topological polar surface area (TPSA) is 117 Å². The fourth-order valence-electron chi connectivity index (χ4n) is 7.25. The van der Waals surface area contributed by atoms with E-state index >= 15 is 8.78 Å². The Morgan fingerprint density at radius 3 is 2.49 bits per heavy atom. The number of hydrogen-bond acceptors (Lipinski definition) is 8. The number of benzene rings is 1. The Balaban J connectivity index is 1.39. The van der Waals surface area contributed by atoms with Crippen molar-refractivity contribution >= 4 is 26.7 Å². The van der Waals surface area contributed by atoms with Gasteiger partial charge in [0.25, 0.3) is 11.5 Å². The van der Waals surface area contributed by atoms with Gasteiger partial charge in [0, 0.05) is 36.2 Å². The number of aromatic nitrogens is 3. The van der Waals surface area contributed by atoms with Crippen LogP contribution in [0.5, 0.6) is 0 Å². The van der Waals surface area contributed by atoms with Gasteiger partial charge < -0.3 is 15.3 Å². The van der Waals surface area contributed by atoms with Gasteiger partial charge in [-0.3, -0.25) is 9.36 Å². The van der Waals surface area contributed by atoms with Crippen molar-refractivity contribution < 1.29 is 22.3 Å². The summed E-state index contributed by atoms with van der Waals surface area (Å²) in [5.74, 6) is -3.37. The van der Waals surface area contributed by atoms with E-state index in [0.29, 0.717) is 92.7 Å². The molecule has 0 radical (unpaired) electrons. The molecule has 2 fully saturated rings. The smallest absolute Gasteiger partial charge is 0.276 e. The molecule has 2 saturated heterocycles. The maximum absolute atomic E-state index is 15.9. The van der Waals surface area contributed by atoms with Gasteiger partial charge in [-0.1, -0.05) is 31.0 Å². The molecule has 2 atom stereocenters. The Hall–Kier alpha value is -2.96. The van der Waals surface area contributed by atoms with Crippen LogP contribution in [0.25, 0.3) is 11.0 Å². The lowest BCUT2D eigenvalue weighted by atomic mass is 9.85. The molecule has 8 bridgehead atoms. The highest BCUT2D eigenvalue weighted by atomic mass is 32.2. The molecule has 1 aromatic carbocycles. The van der Waals surface area contributed by atoms with Gasteiger partial charge in [0.1, 0.15) is 27.6 Å². The first-order valence-electron chi connectivity index (χ1n) is 16.3. The molecule has 0 spiro atoms. The molecule has 4 aliphatic heterocycles. The van der Waals surface area contributed by atoms with Crippen LogP contribution in [-0.4, -0.2) is 70.2 Å². The van der Waals surface area contributed by atoms with Crippen molar-refractivity contribution in [2.75, 3.05) is 36.5 Å². The summed E-state index contributed by atoms with van der Waals surface area (Å²) in [6.45, 7) is 3.87. The quantitative estimate of drug-likeness (QED) is 0.381. The molecule has 2 aromatic heterocycles. The summed E-state index contributed by atoms with van der Waals surface area (Å²) >= 11 is 0. The fraction of sp³-hybridized carbons (Fsp3) is 0.606. The molecule has 6 heterocycles. The standard InChI is InChI=1S/C33H43F2N5O4S/c1-22-24-6-5-7-26(18-24)33(34,35)25-9-14-39(15-10-25)20-27(41)8-3-2-4-13-40-31-29(30(38-22)36-21-37-31)19-28(32(40)42)23-11-16-45(43,44)17-12-23/h5-7,18-19,21-23,25,27,41H,2-4,8-17,20H2,1H3,(H,36,37,38)/t22-,27-/m1/s1. The zero-order valence-corrected chi connectivity index (χ0v) is 26.6. The minimum atomic E-state index is -3.11. The normalized spacial score (nSPS) is 27.9. The highest BCUT2D eigenvalue weighted by Gasteiger charge is 2.43. The number of fused-ring (bicyclic) bond motifs is 9. The van der Waals surface area contributed by atoms with Crippen molar-refractivity contribution in [3.8, 4) is 0 Å². The first-order valence-corrected chi connectivity index (χ1v) is 18.1. The number of rotatable bonds is 1. The third kappa shape index (κ3) is 6.92. The predicted molar refractivity (Wildman–Crippen MR) is 170 cm³/mol. The second-order valence-corrected chi connectivity index (χ2v) is 15.4. The van der Waals surface area contributed by atoms with Crippen LogP contribution in [0.2, 0.25) is 0 Å². The predicted octanol–water partition coefficient (Wildman–Crippen LogP) is 5.00. The Bertz CT molecular complexity index is 1680. The summed E-state index contributed by atoms with van der Waals surface area (Å²) < 4.78 is 57.7. The number of sulfone groups is 1. The summed E-state index contributed by atoms with van der Waals surface area (Å²) in [6, 6.07) is 7.99. The Labute approximate surface area is 263 Å². The van der Waals surface area contributed by atoms with Crippen LogP contribution >= 0.6 is 0 Å². The van der Waals surface area contributed by atoms with Crippen LogP contribution < -0.4 is 10.9 Å². The maximum Gasteiger partial charge on any atom is 0.276 e. The summed E-state index contributed by atoms with van der Waals surface area (Å²) in [6.07, 6.45) is 5.26. The number of hydrogen-bond donors (Lipinski definition) is 2. The highest BCUT2D eigenvalue weighted by molar-refractivity contribution is 7.91. The number of halogens is 2. The van der Waals surface area contributed by atoms with E-state index in [0.717, 1.165) is 12.8 Å².